The summed E-state index contributed by atoms with van der Waals surface area (Å²) < 4.78 is 38.3. The van der Waals surface area contributed by atoms with Crippen LogP contribution < -0.4 is 10.2 Å². The number of nitrogens with zero attached hydrogens (tertiary/aromatic N) is 5. The zero-order chi connectivity index (χ0) is 36.0. The van der Waals surface area contributed by atoms with Crippen LogP contribution in [-0.2, 0) is 32.3 Å². The number of anilines is 1. The Balaban J connectivity index is 1.46. The highest BCUT2D eigenvalue weighted by Crippen LogP contribution is 2.32. The Kier molecular flexibility index (Phi) is 11.9. The van der Waals surface area contributed by atoms with Crippen molar-refractivity contribution in [2.24, 2.45) is 0 Å². The number of benzene rings is 1. The van der Waals surface area contributed by atoms with E-state index in [-0.39, 0.29) is 31.3 Å². The average Bonchev–Trinajstić information content (AvgIpc) is 3.62. The molecule has 0 spiro atoms. The first-order valence-electron chi connectivity index (χ1n) is 16.9. The number of alkyl carbamates (subject to hydrolysis) is 1. The number of carbonyl (C=O) groups excluding carboxylic acids is 3. The van der Waals surface area contributed by atoms with Crippen LogP contribution in [0.1, 0.15) is 102 Å². The van der Waals surface area contributed by atoms with E-state index in [1.54, 1.807) is 77.0 Å². The van der Waals surface area contributed by atoms with Crippen molar-refractivity contribution in [1.82, 2.24) is 24.8 Å². The number of rotatable bonds is 13. The minimum absolute atomic E-state index is 0.112. The molecule has 3 aromatic rings. The third-order valence-electron chi connectivity index (χ3n) is 7.78. The number of hydrogen-bond acceptors (Lipinski definition) is 9. The summed E-state index contributed by atoms with van der Waals surface area (Å²) in [5.74, 6) is -0.170. The first kappa shape index (κ1) is 37.6. The van der Waals surface area contributed by atoms with Crippen LogP contribution in [0.2, 0.25) is 0 Å². The first-order valence-corrected chi connectivity index (χ1v) is 18.6. The van der Waals surface area contributed by atoms with E-state index in [0.717, 1.165) is 31.2 Å². The number of aromatic nitrogens is 3. The van der Waals surface area contributed by atoms with Crippen molar-refractivity contribution in [1.29, 1.82) is 0 Å². The maximum absolute atomic E-state index is 13.7. The van der Waals surface area contributed by atoms with Gasteiger partial charge in [-0.3, -0.25) is 4.79 Å². The minimum Gasteiger partial charge on any atom is -0.444 e. The van der Waals surface area contributed by atoms with Gasteiger partial charge in [0.2, 0.25) is 0 Å². The summed E-state index contributed by atoms with van der Waals surface area (Å²) in [4.78, 5) is 46.8. The van der Waals surface area contributed by atoms with Gasteiger partial charge >= 0.3 is 12.2 Å². The third kappa shape index (κ3) is 10.4. The van der Waals surface area contributed by atoms with Crippen LogP contribution in [0.3, 0.4) is 0 Å². The molecule has 0 aliphatic carbocycles. The molecule has 2 aromatic heterocycles. The van der Waals surface area contributed by atoms with Gasteiger partial charge in [0.05, 0.1) is 23.4 Å². The van der Waals surface area contributed by atoms with Crippen molar-refractivity contribution >= 4 is 39.3 Å². The molecule has 13 nitrogen and oxygen atoms in total. The van der Waals surface area contributed by atoms with Crippen molar-refractivity contribution < 1.29 is 32.3 Å². The van der Waals surface area contributed by atoms with Crippen LogP contribution in [0.15, 0.2) is 41.7 Å². The molecule has 14 heteroatoms. The number of nitrogens with one attached hydrogen (secondary N) is 1. The molecule has 0 unspecified atom stereocenters. The smallest absolute Gasteiger partial charge is 0.410 e. The van der Waals surface area contributed by atoms with Gasteiger partial charge in [-0.05, 0) is 78.1 Å². The summed E-state index contributed by atoms with van der Waals surface area (Å²) in [6.07, 6.45) is 8.88. The van der Waals surface area contributed by atoms with Gasteiger partial charge in [0, 0.05) is 43.3 Å². The second-order valence-electron chi connectivity index (χ2n) is 14.3. The number of amides is 3. The van der Waals surface area contributed by atoms with E-state index in [2.05, 4.69) is 22.3 Å². The number of sulfone groups is 1. The van der Waals surface area contributed by atoms with E-state index >= 15 is 0 Å². The summed E-state index contributed by atoms with van der Waals surface area (Å²) in [6, 6.07) is 5.00. The molecule has 0 bridgehead atoms. The van der Waals surface area contributed by atoms with Crippen molar-refractivity contribution in [3.8, 4) is 0 Å². The largest absolute Gasteiger partial charge is 0.444 e. The van der Waals surface area contributed by atoms with E-state index in [1.165, 1.54) is 15.6 Å². The van der Waals surface area contributed by atoms with Crippen LogP contribution in [0.5, 0.6) is 0 Å². The Morgan fingerprint density at radius 1 is 0.980 bits per heavy atom. The van der Waals surface area contributed by atoms with E-state index < -0.39 is 33.2 Å². The predicted molar refractivity (Wildman–Crippen MR) is 187 cm³/mol. The van der Waals surface area contributed by atoms with Crippen LogP contribution in [0.4, 0.5) is 15.3 Å². The Morgan fingerprint density at radius 2 is 1.69 bits per heavy atom. The molecule has 1 aromatic carbocycles. The molecule has 0 radical (unpaired) electrons. The highest BCUT2D eigenvalue weighted by atomic mass is 32.2. The fraction of sp³-hybridized carbons (Fsp3) is 0.571. The molecule has 3 amide bonds. The Morgan fingerprint density at radius 3 is 2.39 bits per heavy atom. The quantitative estimate of drug-likeness (QED) is 0.214. The van der Waals surface area contributed by atoms with Crippen LogP contribution >= 0.6 is 0 Å². The Labute approximate surface area is 289 Å². The van der Waals surface area contributed by atoms with Crippen LogP contribution in [-0.4, -0.2) is 82.6 Å². The molecule has 0 atom stereocenters. The monoisotopic (exact) mass is 698 g/mol. The molecule has 0 saturated heterocycles. The number of hydrogen-bond donors (Lipinski definition) is 1. The van der Waals surface area contributed by atoms with E-state index in [9.17, 15) is 22.8 Å². The first-order chi connectivity index (χ1) is 23.0. The summed E-state index contributed by atoms with van der Waals surface area (Å²) in [6.45, 7) is 13.5. The molecule has 1 aliphatic rings. The molecule has 3 heterocycles. The summed E-state index contributed by atoms with van der Waals surface area (Å²) in [5.41, 5.74) is 1.38. The van der Waals surface area contributed by atoms with Gasteiger partial charge in [-0.2, -0.15) is 5.10 Å². The van der Waals surface area contributed by atoms with Gasteiger partial charge in [-0.15, -0.1) is 0 Å². The standard InChI is InChI=1S/C35H50N6O7S/c1-8-9-10-11-12-19-49(45,46)27-13-14-29-26(20-27)15-17-40(29)31(42)28-22-38-41-24-25(21-37-30(28)41)23-39(33(44)48-35(5,6)7)18-16-36-32(43)47-34(2,3)4/h13-14,20-22,24H,8-12,15-19,23H2,1-7H3,(H,36,43). The average molecular weight is 699 g/mol. The molecular weight excluding hydrogens is 648 g/mol. The molecule has 1 aliphatic heterocycles. The molecule has 0 fully saturated rings. The van der Waals surface area contributed by atoms with Gasteiger partial charge in [-0.1, -0.05) is 32.6 Å². The zero-order valence-electron chi connectivity index (χ0n) is 29.7. The number of unbranched alkanes of at least 4 members (excludes halogenated alkanes) is 4. The van der Waals surface area contributed by atoms with E-state index in [0.29, 0.717) is 46.7 Å². The highest BCUT2D eigenvalue weighted by Gasteiger charge is 2.30. The minimum atomic E-state index is -3.41. The van der Waals surface area contributed by atoms with E-state index in [1.807, 2.05) is 0 Å². The predicted octanol–water partition coefficient (Wildman–Crippen LogP) is 5.94. The zero-order valence-corrected chi connectivity index (χ0v) is 30.6. The van der Waals surface area contributed by atoms with Crippen molar-refractivity contribution in [2.75, 3.05) is 30.3 Å². The Bertz CT molecular complexity index is 1760. The maximum atomic E-state index is 13.7. The molecule has 4 rings (SSSR count). The SMILES string of the molecule is CCCCCCCS(=O)(=O)c1ccc2c(c1)CCN2C(=O)c1cnn2cc(CN(CCNC(=O)OC(C)(C)C)C(=O)OC(C)(C)C)cnc12. The summed E-state index contributed by atoms with van der Waals surface area (Å²) in [7, 11) is -3.41. The molecular formula is C35H50N6O7S. The van der Waals surface area contributed by atoms with Gasteiger partial charge in [0.1, 0.15) is 16.8 Å². The lowest BCUT2D eigenvalue weighted by Crippen LogP contribution is -2.42. The number of fused-ring (bicyclic) bond motifs is 2. The second kappa shape index (κ2) is 15.6. The lowest BCUT2D eigenvalue weighted by atomic mass is 10.2. The summed E-state index contributed by atoms with van der Waals surface area (Å²) in [5, 5.41) is 7.03. The molecule has 0 saturated carbocycles. The van der Waals surface area contributed by atoms with Gasteiger partial charge in [0.15, 0.2) is 15.5 Å². The molecule has 1 N–H and O–H groups in total. The van der Waals surface area contributed by atoms with Gasteiger partial charge in [0.25, 0.3) is 5.91 Å². The second-order valence-corrected chi connectivity index (χ2v) is 16.5. The van der Waals surface area contributed by atoms with Crippen molar-refractivity contribution in [3.05, 3.63) is 53.5 Å². The van der Waals surface area contributed by atoms with Gasteiger partial charge < -0.3 is 24.6 Å². The lowest BCUT2D eigenvalue weighted by Gasteiger charge is -2.27. The normalized spacial score (nSPS) is 13.3. The number of ether oxygens (including phenoxy) is 2. The third-order valence-corrected chi connectivity index (χ3v) is 9.58. The lowest BCUT2D eigenvalue weighted by molar-refractivity contribution is 0.0224. The van der Waals surface area contributed by atoms with Gasteiger partial charge in [-0.25, -0.2) is 27.5 Å². The maximum Gasteiger partial charge on any atom is 0.410 e. The summed E-state index contributed by atoms with van der Waals surface area (Å²) >= 11 is 0. The van der Waals surface area contributed by atoms with Crippen LogP contribution in [0, 0.1) is 0 Å². The number of carbonyl (C=O) groups is 3. The Hall–Kier alpha value is -4.20. The van der Waals surface area contributed by atoms with Crippen LogP contribution in [0.25, 0.3) is 5.65 Å². The fourth-order valence-corrected chi connectivity index (χ4v) is 6.89. The molecule has 268 valence electrons. The van der Waals surface area contributed by atoms with Crippen molar-refractivity contribution in [2.45, 2.75) is 110 Å². The fourth-order valence-electron chi connectivity index (χ4n) is 5.48. The molecule has 49 heavy (non-hydrogen) atoms. The van der Waals surface area contributed by atoms with E-state index in [4.69, 9.17) is 9.47 Å². The highest BCUT2D eigenvalue weighted by molar-refractivity contribution is 7.91. The topological polar surface area (TPSA) is 153 Å². The van der Waals surface area contributed by atoms with Crippen molar-refractivity contribution in [3.63, 3.8) is 0 Å².